The first-order chi connectivity index (χ1) is 13.2. The van der Waals surface area contributed by atoms with Crippen molar-refractivity contribution in [2.24, 2.45) is 0 Å². The molecular weight excluding hydrogens is 340 g/mol. The first-order valence-corrected chi connectivity index (χ1v) is 8.64. The molecule has 0 atom stereocenters. The highest BCUT2D eigenvalue weighted by molar-refractivity contribution is 5.96. The molecule has 0 aliphatic rings. The molecule has 0 saturated carbocycles. The molecule has 5 heteroatoms. The van der Waals surface area contributed by atoms with Crippen LogP contribution in [0.4, 0.5) is 0 Å². The lowest BCUT2D eigenvalue weighted by molar-refractivity contribution is 0.0706. The Kier molecular flexibility index (Phi) is 5.97. The average Bonchev–Trinajstić information content (AvgIpc) is 2.74. The summed E-state index contributed by atoms with van der Waals surface area (Å²) in [4.78, 5) is 23.8. The molecule has 0 saturated heterocycles. The van der Waals surface area contributed by atoms with Gasteiger partial charge in [-0.2, -0.15) is 0 Å². The largest absolute Gasteiger partial charge is 0.352 e. The zero-order valence-corrected chi connectivity index (χ0v) is 14.7. The van der Waals surface area contributed by atoms with Crippen LogP contribution in [0.2, 0.25) is 0 Å². The quantitative estimate of drug-likeness (QED) is 0.465. The molecule has 3 aromatic carbocycles. The molecule has 0 aliphatic carbocycles. The van der Waals surface area contributed by atoms with Crippen molar-refractivity contribution < 1.29 is 14.8 Å². The summed E-state index contributed by atoms with van der Waals surface area (Å²) in [5.74, 6) is -0.683. The highest BCUT2D eigenvalue weighted by Crippen LogP contribution is 2.21. The average molecular weight is 360 g/mol. The molecule has 3 N–H and O–H groups in total. The zero-order valence-electron chi connectivity index (χ0n) is 14.7. The van der Waals surface area contributed by atoms with Crippen LogP contribution in [0.1, 0.15) is 26.3 Å². The highest BCUT2D eigenvalue weighted by Gasteiger charge is 2.08. The van der Waals surface area contributed by atoms with E-state index in [2.05, 4.69) is 5.32 Å². The zero-order chi connectivity index (χ0) is 19.1. The van der Waals surface area contributed by atoms with Crippen LogP contribution in [-0.4, -0.2) is 23.6 Å². The first-order valence-electron chi connectivity index (χ1n) is 8.64. The van der Waals surface area contributed by atoms with Crippen molar-refractivity contribution in [2.75, 3.05) is 6.54 Å². The van der Waals surface area contributed by atoms with Crippen LogP contribution in [0.3, 0.4) is 0 Å². The van der Waals surface area contributed by atoms with Gasteiger partial charge in [-0.05, 0) is 47.4 Å². The predicted octanol–water partition coefficient (Wildman–Crippen LogP) is 3.45. The summed E-state index contributed by atoms with van der Waals surface area (Å²) in [5, 5.41) is 11.6. The van der Waals surface area contributed by atoms with Crippen LogP contribution in [0, 0.1) is 0 Å². The second kappa shape index (κ2) is 8.78. The molecule has 3 rings (SSSR count). The van der Waals surface area contributed by atoms with Gasteiger partial charge in [0.15, 0.2) is 0 Å². The molecule has 27 heavy (non-hydrogen) atoms. The lowest BCUT2D eigenvalue weighted by Crippen LogP contribution is -2.25. The molecular formula is C22H20N2O3. The van der Waals surface area contributed by atoms with Gasteiger partial charge in [0, 0.05) is 17.7 Å². The molecule has 0 aliphatic heterocycles. The number of hydroxylamine groups is 1. The molecule has 0 spiro atoms. The smallest absolute Gasteiger partial charge is 0.274 e. The Morgan fingerprint density at radius 2 is 1.48 bits per heavy atom. The van der Waals surface area contributed by atoms with Gasteiger partial charge in [0.2, 0.25) is 0 Å². The van der Waals surface area contributed by atoms with Crippen molar-refractivity contribution in [2.45, 2.75) is 6.42 Å². The molecule has 2 amide bonds. The van der Waals surface area contributed by atoms with E-state index >= 15 is 0 Å². The van der Waals surface area contributed by atoms with Crippen LogP contribution < -0.4 is 10.8 Å². The third-order valence-electron chi connectivity index (χ3n) is 4.25. The van der Waals surface area contributed by atoms with E-state index in [-0.39, 0.29) is 5.91 Å². The maximum atomic E-state index is 12.4. The third-order valence-corrected chi connectivity index (χ3v) is 4.25. The Balaban J connectivity index is 1.65. The number of carbonyl (C=O) groups is 2. The second-order valence-corrected chi connectivity index (χ2v) is 6.09. The Bertz CT molecular complexity index is 922. The minimum absolute atomic E-state index is 0.121. The number of benzene rings is 3. The van der Waals surface area contributed by atoms with Gasteiger partial charge >= 0.3 is 0 Å². The van der Waals surface area contributed by atoms with Crippen LogP contribution in [0.25, 0.3) is 11.1 Å². The summed E-state index contributed by atoms with van der Waals surface area (Å²) in [6.45, 7) is 0.568. The Morgan fingerprint density at radius 1 is 0.741 bits per heavy atom. The summed E-state index contributed by atoms with van der Waals surface area (Å²) in [5.41, 5.74) is 5.48. The van der Waals surface area contributed by atoms with E-state index in [1.165, 1.54) is 5.56 Å². The fourth-order valence-electron chi connectivity index (χ4n) is 2.79. The number of rotatable bonds is 6. The van der Waals surface area contributed by atoms with Gasteiger partial charge in [0.1, 0.15) is 0 Å². The van der Waals surface area contributed by atoms with Gasteiger partial charge in [0.05, 0.1) is 0 Å². The summed E-state index contributed by atoms with van der Waals surface area (Å²) in [6, 6.07) is 24.1. The predicted molar refractivity (Wildman–Crippen MR) is 104 cm³/mol. The molecule has 0 fully saturated rings. The van der Waals surface area contributed by atoms with Gasteiger partial charge in [0.25, 0.3) is 11.8 Å². The van der Waals surface area contributed by atoms with Crippen molar-refractivity contribution in [3.8, 4) is 11.1 Å². The van der Waals surface area contributed by atoms with Crippen LogP contribution >= 0.6 is 0 Å². The van der Waals surface area contributed by atoms with Gasteiger partial charge in [-0.25, -0.2) is 5.48 Å². The molecule has 136 valence electrons. The number of amides is 2. The lowest BCUT2D eigenvalue weighted by Gasteiger charge is -2.08. The molecule has 5 nitrogen and oxygen atoms in total. The van der Waals surface area contributed by atoms with Crippen molar-refractivity contribution in [1.29, 1.82) is 0 Å². The monoisotopic (exact) mass is 360 g/mol. The third kappa shape index (κ3) is 4.80. The number of carbonyl (C=O) groups excluding carboxylic acids is 2. The van der Waals surface area contributed by atoms with Crippen LogP contribution in [0.5, 0.6) is 0 Å². The SMILES string of the molecule is O=C(NO)c1ccc(-c2cccc(C(=O)NCCc3ccccc3)c2)cc1. The van der Waals surface area contributed by atoms with Crippen LogP contribution in [0.15, 0.2) is 78.9 Å². The molecule has 3 aromatic rings. The van der Waals surface area contributed by atoms with Crippen molar-refractivity contribution >= 4 is 11.8 Å². The van der Waals surface area contributed by atoms with Gasteiger partial charge < -0.3 is 5.32 Å². The summed E-state index contributed by atoms with van der Waals surface area (Å²) in [6.07, 6.45) is 0.778. The van der Waals surface area contributed by atoms with E-state index in [0.717, 1.165) is 17.5 Å². The molecule has 0 bridgehead atoms. The number of hydrogen-bond acceptors (Lipinski definition) is 3. The van der Waals surface area contributed by atoms with E-state index in [1.807, 2.05) is 48.5 Å². The van der Waals surface area contributed by atoms with E-state index in [4.69, 9.17) is 5.21 Å². The molecule has 0 aromatic heterocycles. The topological polar surface area (TPSA) is 78.4 Å². The molecule has 0 unspecified atom stereocenters. The van der Waals surface area contributed by atoms with Crippen molar-refractivity contribution in [1.82, 2.24) is 10.8 Å². The Morgan fingerprint density at radius 3 is 2.19 bits per heavy atom. The fourth-order valence-corrected chi connectivity index (χ4v) is 2.79. The summed E-state index contributed by atoms with van der Waals surface area (Å²) in [7, 11) is 0. The minimum atomic E-state index is -0.562. The Hall–Kier alpha value is -3.44. The van der Waals surface area contributed by atoms with E-state index in [9.17, 15) is 9.59 Å². The minimum Gasteiger partial charge on any atom is -0.352 e. The highest BCUT2D eigenvalue weighted by atomic mass is 16.5. The first kappa shape index (κ1) is 18.4. The maximum absolute atomic E-state index is 12.4. The van der Waals surface area contributed by atoms with E-state index < -0.39 is 5.91 Å². The summed E-state index contributed by atoms with van der Waals surface area (Å²) < 4.78 is 0. The molecule has 0 heterocycles. The standard InChI is InChI=1S/C22H20N2O3/c25-21(23-14-13-16-5-2-1-3-6-16)20-8-4-7-19(15-20)17-9-11-18(12-10-17)22(26)24-27/h1-12,15,27H,13-14H2,(H,23,25)(H,24,26). The van der Waals surface area contributed by atoms with Gasteiger partial charge in [-0.1, -0.05) is 54.6 Å². The Labute approximate surface area is 157 Å². The lowest BCUT2D eigenvalue weighted by atomic mass is 10.0. The maximum Gasteiger partial charge on any atom is 0.274 e. The van der Waals surface area contributed by atoms with Crippen molar-refractivity contribution in [3.05, 3.63) is 95.6 Å². The summed E-state index contributed by atoms with van der Waals surface area (Å²) >= 11 is 0. The van der Waals surface area contributed by atoms with Gasteiger partial charge in [-0.3, -0.25) is 14.8 Å². The molecule has 0 radical (unpaired) electrons. The number of hydrogen-bond donors (Lipinski definition) is 3. The fraction of sp³-hybridized carbons (Fsp3) is 0.0909. The normalized spacial score (nSPS) is 10.3. The second-order valence-electron chi connectivity index (χ2n) is 6.09. The van der Waals surface area contributed by atoms with Crippen LogP contribution in [-0.2, 0) is 6.42 Å². The number of nitrogens with one attached hydrogen (secondary N) is 2. The van der Waals surface area contributed by atoms with E-state index in [1.54, 1.807) is 35.8 Å². The van der Waals surface area contributed by atoms with Gasteiger partial charge in [-0.15, -0.1) is 0 Å². The van der Waals surface area contributed by atoms with E-state index in [0.29, 0.717) is 17.7 Å². The van der Waals surface area contributed by atoms with Crippen molar-refractivity contribution in [3.63, 3.8) is 0 Å².